The van der Waals surface area contributed by atoms with E-state index in [1.165, 1.54) is 0 Å². The molecule has 2 heterocycles. The smallest absolute Gasteiger partial charge is 0.308 e. The summed E-state index contributed by atoms with van der Waals surface area (Å²) in [6.07, 6.45) is 6.04. The van der Waals surface area contributed by atoms with Gasteiger partial charge in [-0.3, -0.25) is 14.4 Å². The summed E-state index contributed by atoms with van der Waals surface area (Å²) in [6, 6.07) is 0.291. The van der Waals surface area contributed by atoms with Crippen LogP contribution in [0.2, 0.25) is 0 Å². The molecule has 1 N–H and O–H groups in total. The lowest BCUT2D eigenvalue weighted by molar-refractivity contribution is -0.146. The highest BCUT2D eigenvalue weighted by molar-refractivity contribution is 5.89. The van der Waals surface area contributed by atoms with Crippen molar-refractivity contribution < 1.29 is 19.5 Å². The molecule has 0 aromatic heterocycles. The van der Waals surface area contributed by atoms with E-state index in [1.807, 2.05) is 4.90 Å². The van der Waals surface area contributed by atoms with Crippen LogP contribution in [-0.4, -0.2) is 58.4 Å². The third-order valence-electron chi connectivity index (χ3n) is 6.02. The lowest BCUT2D eigenvalue weighted by atomic mass is 9.86. The molecule has 6 heteroatoms. The van der Waals surface area contributed by atoms with Crippen LogP contribution in [0.15, 0.2) is 0 Å². The molecule has 0 bridgehead atoms. The fourth-order valence-electron chi connectivity index (χ4n) is 4.44. The first-order chi connectivity index (χ1) is 11.5. The van der Waals surface area contributed by atoms with E-state index >= 15 is 0 Å². The lowest BCUT2D eigenvalue weighted by Gasteiger charge is -2.34. The second-order valence-electron chi connectivity index (χ2n) is 7.82. The molecule has 3 rings (SSSR count). The molecular weight excluding hydrogens is 308 g/mol. The Bertz CT molecular complexity index is 513. The molecule has 0 spiro atoms. The van der Waals surface area contributed by atoms with Crippen LogP contribution in [-0.2, 0) is 14.4 Å². The third-order valence-corrected chi connectivity index (χ3v) is 6.02. The second-order valence-corrected chi connectivity index (χ2v) is 7.82. The van der Waals surface area contributed by atoms with Gasteiger partial charge in [0.2, 0.25) is 11.8 Å². The zero-order valence-electron chi connectivity index (χ0n) is 14.4. The van der Waals surface area contributed by atoms with E-state index in [9.17, 15) is 19.5 Å². The Morgan fingerprint density at radius 2 is 1.75 bits per heavy atom. The molecule has 1 unspecified atom stereocenters. The van der Waals surface area contributed by atoms with Gasteiger partial charge in [0.05, 0.1) is 11.8 Å². The molecule has 2 saturated heterocycles. The molecular formula is C18H28N2O4. The summed E-state index contributed by atoms with van der Waals surface area (Å²) in [6.45, 7) is 3.68. The molecule has 3 aliphatic rings. The summed E-state index contributed by atoms with van der Waals surface area (Å²) in [5, 5.41) is 9.18. The van der Waals surface area contributed by atoms with Crippen LogP contribution in [0.3, 0.4) is 0 Å². The molecule has 2 amide bonds. The van der Waals surface area contributed by atoms with Gasteiger partial charge in [-0.25, -0.2) is 0 Å². The van der Waals surface area contributed by atoms with E-state index in [1.54, 1.807) is 4.90 Å². The van der Waals surface area contributed by atoms with Crippen molar-refractivity contribution in [3.63, 3.8) is 0 Å². The zero-order valence-corrected chi connectivity index (χ0v) is 14.4. The van der Waals surface area contributed by atoms with Gasteiger partial charge in [-0.15, -0.1) is 0 Å². The van der Waals surface area contributed by atoms with Crippen molar-refractivity contribution >= 4 is 17.8 Å². The second kappa shape index (κ2) is 7.11. The minimum atomic E-state index is -0.826. The van der Waals surface area contributed by atoms with Gasteiger partial charge in [-0.05, 0) is 44.4 Å². The predicted molar refractivity (Wildman–Crippen MR) is 88.2 cm³/mol. The van der Waals surface area contributed by atoms with Crippen molar-refractivity contribution in [2.75, 3.05) is 19.6 Å². The normalized spacial score (nSPS) is 34.5. The van der Waals surface area contributed by atoms with Crippen LogP contribution < -0.4 is 0 Å². The van der Waals surface area contributed by atoms with Crippen LogP contribution >= 0.6 is 0 Å². The first-order valence-electron chi connectivity index (χ1n) is 9.26. The molecule has 0 aromatic rings. The molecule has 134 valence electrons. The number of amides is 2. The topological polar surface area (TPSA) is 77.9 Å². The molecule has 3 fully saturated rings. The van der Waals surface area contributed by atoms with Crippen molar-refractivity contribution in [3.05, 3.63) is 0 Å². The van der Waals surface area contributed by atoms with Crippen molar-refractivity contribution in [1.82, 2.24) is 9.80 Å². The molecule has 0 radical (unpaired) electrons. The van der Waals surface area contributed by atoms with Crippen LogP contribution in [0.4, 0.5) is 0 Å². The van der Waals surface area contributed by atoms with Crippen LogP contribution in [0, 0.1) is 17.8 Å². The number of carboxylic acids is 1. The number of carbonyl (C=O) groups excluding carboxylic acids is 2. The molecule has 6 nitrogen and oxygen atoms in total. The van der Waals surface area contributed by atoms with Crippen molar-refractivity contribution in [3.8, 4) is 0 Å². The first kappa shape index (κ1) is 17.2. The van der Waals surface area contributed by atoms with Gasteiger partial charge in [0, 0.05) is 32.1 Å². The van der Waals surface area contributed by atoms with Gasteiger partial charge in [0.15, 0.2) is 0 Å². The Kier molecular flexibility index (Phi) is 5.11. The molecule has 24 heavy (non-hydrogen) atoms. The Balaban J connectivity index is 1.58. The standard InChI is InChI=1S/C18H28N2O4/c1-12-4-6-15(7-5-12)20-11-14(9-16(20)21)17(22)19-8-2-3-13(10-19)18(23)24/h12-15H,2-11H2,1H3,(H,23,24)/t12?,13-,14?,15?/m0/s1. The van der Waals surface area contributed by atoms with Gasteiger partial charge in [0.1, 0.15) is 0 Å². The maximum Gasteiger partial charge on any atom is 0.308 e. The van der Waals surface area contributed by atoms with Gasteiger partial charge in [0.25, 0.3) is 0 Å². The summed E-state index contributed by atoms with van der Waals surface area (Å²) in [5.41, 5.74) is 0. The monoisotopic (exact) mass is 336 g/mol. The minimum Gasteiger partial charge on any atom is -0.481 e. The van der Waals surface area contributed by atoms with Gasteiger partial charge >= 0.3 is 5.97 Å². The highest BCUT2D eigenvalue weighted by Crippen LogP contribution is 2.32. The Hall–Kier alpha value is -1.59. The quantitative estimate of drug-likeness (QED) is 0.851. The van der Waals surface area contributed by atoms with Gasteiger partial charge in [-0.1, -0.05) is 6.92 Å². The summed E-state index contributed by atoms with van der Waals surface area (Å²) >= 11 is 0. The summed E-state index contributed by atoms with van der Waals surface area (Å²) in [4.78, 5) is 39.9. The number of hydrogen-bond acceptors (Lipinski definition) is 3. The fraction of sp³-hybridized carbons (Fsp3) is 0.833. The Morgan fingerprint density at radius 1 is 1.04 bits per heavy atom. The Morgan fingerprint density at radius 3 is 2.42 bits per heavy atom. The van der Waals surface area contributed by atoms with E-state index in [-0.39, 0.29) is 17.7 Å². The van der Waals surface area contributed by atoms with Crippen molar-refractivity contribution in [2.45, 2.75) is 57.9 Å². The molecule has 2 aliphatic heterocycles. The third kappa shape index (κ3) is 3.57. The lowest BCUT2D eigenvalue weighted by Crippen LogP contribution is -2.46. The highest BCUT2D eigenvalue weighted by atomic mass is 16.4. The number of aliphatic carboxylic acids is 1. The molecule has 1 aliphatic carbocycles. The predicted octanol–water partition coefficient (Wildman–Crippen LogP) is 1.74. The average molecular weight is 336 g/mol. The maximum atomic E-state index is 12.7. The van der Waals surface area contributed by atoms with Crippen LogP contribution in [0.5, 0.6) is 0 Å². The molecule has 0 aromatic carbocycles. The number of likely N-dealkylation sites (tertiary alicyclic amines) is 2. The summed E-state index contributed by atoms with van der Waals surface area (Å²) in [7, 11) is 0. The average Bonchev–Trinajstić information content (AvgIpc) is 2.97. The van der Waals surface area contributed by atoms with E-state index in [2.05, 4.69) is 6.92 Å². The number of carbonyl (C=O) groups is 3. The van der Waals surface area contributed by atoms with Crippen LogP contribution in [0.25, 0.3) is 0 Å². The van der Waals surface area contributed by atoms with Gasteiger partial charge in [-0.2, -0.15) is 0 Å². The van der Waals surface area contributed by atoms with Gasteiger partial charge < -0.3 is 14.9 Å². The number of piperidine rings is 1. The van der Waals surface area contributed by atoms with Crippen molar-refractivity contribution in [2.24, 2.45) is 17.8 Å². The van der Waals surface area contributed by atoms with E-state index in [4.69, 9.17) is 0 Å². The zero-order chi connectivity index (χ0) is 17.3. The number of rotatable bonds is 3. The van der Waals surface area contributed by atoms with Crippen molar-refractivity contribution in [1.29, 1.82) is 0 Å². The summed E-state index contributed by atoms with van der Waals surface area (Å²) < 4.78 is 0. The van der Waals surface area contributed by atoms with E-state index < -0.39 is 11.9 Å². The van der Waals surface area contributed by atoms with Crippen LogP contribution in [0.1, 0.15) is 51.9 Å². The van der Waals surface area contributed by atoms with E-state index in [0.717, 1.165) is 38.0 Å². The number of nitrogens with zero attached hydrogens (tertiary/aromatic N) is 2. The SMILES string of the molecule is CC1CCC(N2CC(C(=O)N3CCC[C@H](C(=O)O)C3)CC2=O)CC1. The summed E-state index contributed by atoms with van der Waals surface area (Å²) in [5.74, 6) is -0.772. The minimum absolute atomic E-state index is 0.0269. The van der Waals surface area contributed by atoms with E-state index in [0.29, 0.717) is 38.5 Å². The maximum absolute atomic E-state index is 12.7. The fourth-order valence-corrected chi connectivity index (χ4v) is 4.44. The largest absolute Gasteiger partial charge is 0.481 e. The molecule has 2 atom stereocenters. The molecule has 1 saturated carbocycles. The highest BCUT2D eigenvalue weighted by Gasteiger charge is 2.41. The first-order valence-corrected chi connectivity index (χ1v) is 9.26. The number of hydrogen-bond donors (Lipinski definition) is 1. The Labute approximate surface area is 143 Å². The number of carboxylic acid groups (broad SMARTS) is 1.